The summed E-state index contributed by atoms with van der Waals surface area (Å²) < 4.78 is 6.99. The number of unbranched alkanes of at least 4 members (excludes halogenated alkanes) is 1. The average molecular weight is 431 g/mol. The van der Waals surface area contributed by atoms with Crippen molar-refractivity contribution in [1.82, 2.24) is 9.55 Å². The number of nitrogens with one attached hydrogen (secondary N) is 1. The van der Waals surface area contributed by atoms with E-state index in [9.17, 15) is 14.4 Å². The molecular formula is C21H23ClN4O4. The van der Waals surface area contributed by atoms with Gasteiger partial charge in [-0.15, -0.1) is 0 Å². The second-order valence-electron chi connectivity index (χ2n) is 6.69. The minimum atomic E-state index is -0.724. The number of carbonyl (C=O) groups excluding carboxylic acids is 1. The van der Waals surface area contributed by atoms with Crippen molar-refractivity contribution >= 4 is 29.0 Å². The van der Waals surface area contributed by atoms with Crippen molar-refractivity contribution in [3.8, 4) is 11.3 Å². The lowest BCUT2D eigenvalue weighted by Crippen LogP contribution is -2.41. The van der Waals surface area contributed by atoms with Gasteiger partial charge in [-0.1, -0.05) is 37.1 Å². The molecule has 0 bridgehead atoms. The van der Waals surface area contributed by atoms with Crippen molar-refractivity contribution in [3.63, 3.8) is 0 Å². The molecule has 0 spiro atoms. The molecule has 0 saturated heterocycles. The van der Waals surface area contributed by atoms with Crippen LogP contribution in [0.2, 0.25) is 5.02 Å². The molecule has 2 aromatic heterocycles. The molecule has 0 saturated carbocycles. The zero-order valence-corrected chi connectivity index (χ0v) is 17.5. The largest absolute Gasteiger partial charge is 0.451 e. The minimum absolute atomic E-state index is 0.0249. The molecule has 1 amide bonds. The molecular weight excluding hydrogens is 408 g/mol. The summed E-state index contributed by atoms with van der Waals surface area (Å²) >= 11 is 6.20. The number of benzene rings is 1. The third-order valence-corrected chi connectivity index (χ3v) is 5.07. The zero-order chi connectivity index (χ0) is 21.8. The van der Waals surface area contributed by atoms with Crippen LogP contribution in [0.3, 0.4) is 0 Å². The molecule has 0 fully saturated rings. The lowest BCUT2D eigenvalue weighted by atomic mass is 10.2. The van der Waals surface area contributed by atoms with Crippen molar-refractivity contribution in [1.29, 1.82) is 0 Å². The second-order valence-corrected chi connectivity index (χ2v) is 7.10. The Labute approximate surface area is 177 Å². The molecule has 0 unspecified atom stereocenters. The number of nitrogens with zero attached hydrogens (tertiary/aromatic N) is 2. The standard InChI is InChI=1S/C21H23ClN4O4/c1-3-5-12-26-18(23)17(19(27)24-21(26)29)25(4-2)20(28)16-11-10-15(30-16)13-8-6-7-9-14(13)22/h6-11H,3-5,12,23H2,1-2H3,(H,24,27,29). The van der Waals surface area contributed by atoms with E-state index in [0.29, 0.717) is 29.3 Å². The smallest absolute Gasteiger partial charge is 0.330 e. The number of anilines is 2. The summed E-state index contributed by atoms with van der Waals surface area (Å²) in [6.07, 6.45) is 1.54. The van der Waals surface area contributed by atoms with Crippen LogP contribution in [-0.4, -0.2) is 22.0 Å². The number of nitrogens with two attached hydrogens (primary N) is 1. The van der Waals surface area contributed by atoms with Crippen molar-refractivity contribution in [2.45, 2.75) is 33.2 Å². The number of hydrogen-bond acceptors (Lipinski definition) is 5. The van der Waals surface area contributed by atoms with E-state index in [4.69, 9.17) is 21.8 Å². The van der Waals surface area contributed by atoms with Crippen LogP contribution >= 0.6 is 11.6 Å². The first kappa shape index (κ1) is 21.4. The molecule has 8 nitrogen and oxygen atoms in total. The summed E-state index contributed by atoms with van der Waals surface area (Å²) in [5.74, 6) is -0.148. The Balaban J connectivity index is 2.01. The Morgan fingerprint density at radius 3 is 2.60 bits per heavy atom. The van der Waals surface area contributed by atoms with Crippen molar-refractivity contribution in [3.05, 3.63) is 68.0 Å². The zero-order valence-electron chi connectivity index (χ0n) is 16.8. The van der Waals surface area contributed by atoms with E-state index in [2.05, 4.69) is 4.98 Å². The third-order valence-electron chi connectivity index (χ3n) is 4.74. The lowest BCUT2D eigenvalue weighted by molar-refractivity contribution is 0.0962. The van der Waals surface area contributed by atoms with Gasteiger partial charge in [-0.25, -0.2) is 4.79 Å². The molecule has 3 rings (SSSR count). The van der Waals surface area contributed by atoms with Gasteiger partial charge in [-0.2, -0.15) is 0 Å². The molecule has 2 heterocycles. The quantitative estimate of drug-likeness (QED) is 0.595. The predicted molar refractivity (Wildman–Crippen MR) is 117 cm³/mol. The van der Waals surface area contributed by atoms with E-state index >= 15 is 0 Å². The Morgan fingerprint density at radius 2 is 1.93 bits per heavy atom. The van der Waals surface area contributed by atoms with Gasteiger partial charge in [0.15, 0.2) is 11.4 Å². The fraction of sp³-hybridized carbons (Fsp3) is 0.286. The Kier molecular flexibility index (Phi) is 6.47. The number of H-pyrrole nitrogens is 1. The summed E-state index contributed by atoms with van der Waals surface area (Å²) in [5, 5.41) is 0.488. The number of amides is 1. The van der Waals surface area contributed by atoms with Crippen LogP contribution in [-0.2, 0) is 6.54 Å². The van der Waals surface area contributed by atoms with Crippen molar-refractivity contribution in [2.75, 3.05) is 17.2 Å². The van der Waals surface area contributed by atoms with Crippen molar-refractivity contribution < 1.29 is 9.21 Å². The number of nitrogen functional groups attached to an aromatic ring is 1. The summed E-state index contributed by atoms with van der Waals surface area (Å²) in [6, 6.07) is 10.3. The predicted octanol–water partition coefficient (Wildman–Crippen LogP) is 3.50. The van der Waals surface area contributed by atoms with Gasteiger partial charge in [0, 0.05) is 18.7 Å². The minimum Gasteiger partial charge on any atom is -0.451 e. The number of rotatable bonds is 7. The molecule has 0 aliphatic rings. The van der Waals surface area contributed by atoms with Gasteiger partial charge < -0.3 is 10.2 Å². The van der Waals surface area contributed by atoms with E-state index < -0.39 is 17.2 Å². The fourth-order valence-electron chi connectivity index (χ4n) is 3.17. The Hall–Kier alpha value is -3.26. The van der Waals surface area contributed by atoms with Gasteiger partial charge >= 0.3 is 5.69 Å². The van der Waals surface area contributed by atoms with Crippen LogP contribution in [0.4, 0.5) is 11.5 Å². The van der Waals surface area contributed by atoms with E-state index in [0.717, 1.165) is 6.42 Å². The van der Waals surface area contributed by atoms with Crippen LogP contribution in [0.25, 0.3) is 11.3 Å². The van der Waals surface area contributed by atoms with Gasteiger partial charge in [0.2, 0.25) is 0 Å². The highest BCUT2D eigenvalue weighted by Gasteiger charge is 2.26. The Bertz CT molecular complexity index is 1180. The third kappa shape index (κ3) is 4.04. The maximum absolute atomic E-state index is 13.1. The topological polar surface area (TPSA) is 114 Å². The summed E-state index contributed by atoms with van der Waals surface area (Å²) in [4.78, 5) is 41.2. The number of halogens is 1. The lowest BCUT2D eigenvalue weighted by Gasteiger charge is -2.22. The monoisotopic (exact) mass is 430 g/mol. The first-order chi connectivity index (χ1) is 14.4. The number of hydrogen-bond donors (Lipinski definition) is 2. The SMILES string of the molecule is CCCCn1c(N)c(N(CC)C(=O)c2ccc(-c3ccccc3Cl)o2)c(=O)[nH]c1=O. The van der Waals surface area contributed by atoms with Gasteiger partial charge in [-0.05, 0) is 37.6 Å². The normalized spacial score (nSPS) is 10.9. The van der Waals surface area contributed by atoms with Crippen LogP contribution in [0.5, 0.6) is 0 Å². The number of furan rings is 1. The highest BCUT2D eigenvalue weighted by Crippen LogP contribution is 2.30. The number of aromatic amines is 1. The molecule has 30 heavy (non-hydrogen) atoms. The van der Waals surface area contributed by atoms with Crippen molar-refractivity contribution in [2.24, 2.45) is 0 Å². The first-order valence-electron chi connectivity index (χ1n) is 9.68. The van der Waals surface area contributed by atoms with Gasteiger partial charge in [0.25, 0.3) is 11.5 Å². The second kappa shape index (κ2) is 9.04. The molecule has 158 valence electrons. The average Bonchev–Trinajstić information content (AvgIpc) is 3.20. The van der Waals surface area contributed by atoms with Gasteiger partial charge in [-0.3, -0.25) is 24.0 Å². The molecule has 0 atom stereocenters. The fourth-order valence-corrected chi connectivity index (χ4v) is 3.40. The summed E-state index contributed by atoms with van der Waals surface area (Å²) in [7, 11) is 0. The van der Waals surface area contributed by atoms with E-state index in [1.807, 2.05) is 13.0 Å². The van der Waals surface area contributed by atoms with Crippen LogP contribution in [0, 0.1) is 0 Å². The molecule has 0 radical (unpaired) electrons. The molecule has 0 aliphatic heterocycles. The van der Waals surface area contributed by atoms with Crippen LogP contribution in [0.15, 0.2) is 50.4 Å². The van der Waals surface area contributed by atoms with E-state index in [1.165, 1.54) is 15.5 Å². The molecule has 3 aromatic rings. The van der Waals surface area contributed by atoms with Gasteiger partial charge in [0.1, 0.15) is 11.6 Å². The maximum atomic E-state index is 13.1. The van der Waals surface area contributed by atoms with Crippen LogP contribution in [0.1, 0.15) is 37.2 Å². The summed E-state index contributed by atoms with van der Waals surface area (Å²) in [5.41, 5.74) is 5.38. The molecule has 0 aliphatic carbocycles. The Morgan fingerprint density at radius 1 is 1.20 bits per heavy atom. The number of aromatic nitrogens is 2. The summed E-state index contributed by atoms with van der Waals surface area (Å²) in [6.45, 7) is 4.17. The highest BCUT2D eigenvalue weighted by atomic mass is 35.5. The maximum Gasteiger partial charge on any atom is 0.330 e. The first-order valence-corrected chi connectivity index (χ1v) is 10.1. The molecule has 1 aromatic carbocycles. The van der Waals surface area contributed by atoms with Crippen LogP contribution < -0.4 is 21.9 Å². The molecule has 9 heteroatoms. The van der Waals surface area contributed by atoms with E-state index in [-0.39, 0.29) is 23.8 Å². The number of carbonyl (C=O) groups is 1. The van der Waals surface area contributed by atoms with Gasteiger partial charge in [0.05, 0.1) is 5.02 Å². The molecule has 3 N–H and O–H groups in total. The highest BCUT2D eigenvalue weighted by molar-refractivity contribution is 6.33. The van der Waals surface area contributed by atoms with E-state index in [1.54, 1.807) is 31.2 Å².